The maximum absolute atomic E-state index is 12.3. The van der Waals surface area contributed by atoms with E-state index in [1.807, 2.05) is 13.2 Å². The van der Waals surface area contributed by atoms with Crippen LogP contribution < -0.4 is 10.6 Å². The maximum Gasteiger partial charge on any atom is 0.325 e. The van der Waals surface area contributed by atoms with E-state index in [1.165, 1.54) is 4.88 Å². The lowest BCUT2D eigenvalue weighted by Crippen LogP contribution is -2.20. The third-order valence-corrected chi connectivity index (χ3v) is 5.64. The average Bonchev–Trinajstić information content (AvgIpc) is 3.04. The van der Waals surface area contributed by atoms with Gasteiger partial charge in [0.25, 0.3) is 0 Å². The van der Waals surface area contributed by atoms with Gasteiger partial charge in [0, 0.05) is 29.5 Å². The van der Waals surface area contributed by atoms with Gasteiger partial charge in [-0.15, -0.1) is 11.3 Å². The fourth-order valence-corrected chi connectivity index (χ4v) is 4.30. The molecular weight excluding hydrogens is 310 g/mol. The molecule has 6 nitrogen and oxygen atoms in total. The molecule has 0 aliphatic heterocycles. The summed E-state index contributed by atoms with van der Waals surface area (Å²) < 4.78 is 1.75. The maximum atomic E-state index is 12.3. The molecule has 1 fully saturated rings. The summed E-state index contributed by atoms with van der Waals surface area (Å²) in [5.74, 6) is 0.496. The predicted octanol–water partition coefficient (Wildman–Crippen LogP) is 3.62. The molecule has 122 valence electrons. The van der Waals surface area contributed by atoms with Gasteiger partial charge in [0.1, 0.15) is 0 Å². The van der Waals surface area contributed by atoms with Crippen LogP contribution >= 0.6 is 11.3 Å². The molecule has 2 aromatic heterocycles. The minimum atomic E-state index is -0.245. The molecule has 2 aliphatic carbocycles. The molecule has 0 atom stereocenters. The van der Waals surface area contributed by atoms with E-state index in [0.29, 0.717) is 11.0 Å². The first kappa shape index (κ1) is 14.7. The third kappa shape index (κ3) is 2.73. The Labute approximate surface area is 139 Å². The van der Waals surface area contributed by atoms with Crippen LogP contribution in [0.2, 0.25) is 0 Å². The molecule has 2 heterocycles. The molecule has 0 bridgehead atoms. The normalized spacial score (nSPS) is 18.7. The van der Waals surface area contributed by atoms with E-state index < -0.39 is 0 Å². The van der Waals surface area contributed by atoms with Crippen LogP contribution in [0, 0.1) is 0 Å². The zero-order valence-electron chi connectivity index (χ0n) is 13.6. The number of hydrogen-bond acceptors (Lipinski definition) is 4. The number of aromatic nitrogens is 3. The summed E-state index contributed by atoms with van der Waals surface area (Å²) in [5, 5.41) is 10.9. The van der Waals surface area contributed by atoms with Crippen LogP contribution in [0.15, 0.2) is 6.20 Å². The largest absolute Gasteiger partial charge is 0.325 e. The number of fused-ring (bicyclic) bond motifs is 1. The van der Waals surface area contributed by atoms with Crippen molar-refractivity contribution in [2.24, 2.45) is 7.05 Å². The molecule has 0 saturated heterocycles. The molecule has 2 amide bonds. The Hall–Kier alpha value is -1.89. The number of rotatable bonds is 3. The second kappa shape index (κ2) is 5.06. The van der Waals surface area contributed by atoms with E-state index in [1.54, 1.807) is 16.0 Å². The van der Waals surface area contributed by atoms with Crippen LogP contribution in [0.25, 0.3) is 0 Å². The van der Waals surface area contributed by atoms with E-state index in [4.69, 9.17) is 0 Å². The number of hydrogen-bond donors (Lipinski definition) is 2. The molecule has 0 radical (unpaired) electrons. The van der Waals surface area contributed by atoms with E-state index in [0.717, 1.165) is 42.8 Å². The fraction of sp³-hybridized carbons (Fsp3) is 0.562. The predicted molar refractivity (Wildman–Crippen MR) is 91.3 cm³/mol. The monoisotopic (exact) mass is 331 g/mol. The third-order valence-electron chi connectivity index (χ3n) is 4.61. The molecule has 2 aromatic rings. The summed E-state index contributed by atoms with van der Waals surface area (Å²) in [5.41, 5.74) is 3.05. The van der Waals surface area contributed by atoms with Gasteiger partial charge in [-0.1, -0.05) is 13.8 Å². The highest BCUT2D eigenvalue weighted by Crippen LogP contribution is 2.43. The van der Waals surface area contributed by atoms with E-state index in [2.05, 4.69) is 34.6 Å². The summed E-state index contributed by atoms with van der Waals surface area (Å²) in [4.78, 5) is 18.2. The van der Waals surface area contributed by atoms with Crippen molar-refractivity contribution < 1.29 is 4.79 Å². The number of amides is 2. The second-order valence-corrected chi connectivity index (χ2v) is 8.21. The van der Waals surface area contributed by atoms with Crippen molar-refractivity contribution in [3.8, 4) is 0 Å². The summed E-state index contributed by atoms with van der Waals surface area (Å²) in [6.45, 7) is 4.42. The molecule has 23 heavy (non-hydrogen) atoms. The molecule has 0 unspecified atom stereocenters. The summed E-state index contributed by atoms with van der Waals surface area (Å²) in [6, 6.07) is -0.245. The van der Waals surface area contributed by atoms with Gasteiger partial charge >= 0.3 is 6.03 Å². The van der Waals surface area contributed by atoms with E-state index >= 15 is 0 Å². The lowest BCUT2D eigenvalue weighted by molar-refractivity contribution is 0.262. The van der Waals surface area contributed by atoms with Gasteiger partial charge in [-0.2, -0.15) is 5.10 Å². The quantitative estimate of drug-likeness (QED) is 0.902. The highest BCUT2D eigenvalue weighted by molar-refractivity contribution is 7.16. The van der Waals surface area contributed by atoms with Crippen LogP contribution in [0.4, 0.5) is 15.6 Å². The van der Waals surface area contributed by atoms with Crippen molar-refractivity contribution in [3.63, 3.8) is 0 Å². The number of carbonyl (C=O) groups is 1. The molecule has 0 spiro atoms. The molecule has 1 saturated carbocycles. The Morgan fingerprint density at radius 1 is 1.39 bits per heavy atom. The number of urea groups is 1. The lowest BCUT2D eigenvalue weighted by Gasteiger charge is -2.15. The Bertz CT molecular complexity index is 772. The Morgan fingerprint density at radius 2 is 2.17 bits per heavy atom. The topological polar surface area (TPSA) is 71.8 Å². The molecule has 4 rings (SSSR count). The van der Waals surface area contributed by atoms with Crippen molar-refractivity contribution in [2.75, 3.05) is 10.6 Å². The number of anilines is 2. The van der Waals surface area contributed by atoms with Crippen molar-refractivity contribution in [1.82, 2.24) is 14.8 Å². The van der Waals surface area contributed by atoms with Crippen LogP contribution in [0.3, 0.4) is 0 Å². The summed E-state index contributed by atoms with van der Waals surface area (Å²) in [7, 11) is 1.88. The number of thiazole rings is 1. The number of carbonyl (C=O) groups excluding carboxylic acids is 1. The van der Waals surface area contributed by atoms with Crippen LogP contribution in [0.5, 0.6) is 0 Å². The van der Waals surface area contributed by atoms with Crippen LogP contribution in [0.1, 0.15) is 55.3 Å². The van der Waals surface area contributed by atoms with Crippen molar-refractivity contribution in [1.29, 1.82) is 0 Å². The second-order valence-electron chi connectivity index (χ2n) is 7.13. The van der Waals surface area contributed by atoms with Gasteiger partial charge < -0.3 is 5.32 Å². The Kier molecular flexibility index (Phi) is 3.23. The fourth-order valence-electron chi connectivity index (χ4n) is 3.16. The molecule has 0 aromatic carbocycles. The zero-order chi connectivity index (χ0) is 16.2. The standard InChI is InChI=1S/C16H21N5OS/c1-16(2)7-6-11-13(16)18-15(23-11)19-14(22)17-10-8-21(3)20-12(10)9-4-5-9/h8-9H,4-7H2,1-3H3,(H2,17,18,19,22). The molecular formula is C16H21N5OS. The minimum Gasteiger partial charge on any atom is -0.304 e. The van der Waals surface area contributed by atoms with Crippen LogP contribution in [-0.2, 0) is 18.9 Å². The smallest absolute Gasteiger partial charge is 0.304 e. The van der Waals surface area contributed by atoms with Gasteiger partial charge in [0.2, 0.25) is 0 Å². The Morgan fingerprint density at radius 3 is 2.87 bits per heavy atom. The first-order valence-corrected chi connectivity index (χ1v) is 8.86. The summed E-state index contributed by atoms with van der Waals surface area (Å²) in [6.07, 6.45) is 6.35. The van der Waals surface area contributed by atoms with Gasteiger partial charge in [0.05, 0.1) is 17.1 Å². The SMILES string of the molecule is Cn1cc(NC(=O)Nc2nc3c(s2)CCC3(C)C)c(C2CC2)n1. The van der Waals surface area contributed by atoms with Gasteiger partial charge in [-0.25, -0.2) is 9.78 Å². The summed E-state index contributed by atoms with van der Waals surface area (Å²) >= 11 is 1.59. The van der Waals surface area contributed by atoms with Gasteiger partial charge in [-0.05, 0) is 25.7 Å². The van der Waals surface area contributed by atoms with E-state index in [9.17, 15) is 4.79 Å². The van der Waals surface area contributed by atoms with Crippen molar-refractivity contribution in [3.05, 3.63) is 22.5 Å². The number of aryl methyl sites for hydroxylation is 2. The zero-order valence-corrected chi connectivity index (χ0v) is 14.5. The highest BCUT2D eigenvalue weighted by Gasteiger charge is 2.34. The van der Waals surface area contributed by atoms with Crippen molar-refractivity contribution in [2.45, 2.75) is 50.9 Å². The van der Waals surface area contributed by atoms with Gasteiger partial charge in [-0.3, -0.25) is 10.00 Å². The molecule has 2 N–H and O–H groups in total. The van der Waals surface area contributed by atoms with E-state index in [-0.39, 0.29) is 11.4 Å². The van der Waals surface area contributed by atoms with Crippen molar-refractivity contribution >= 4 is 28.2 Å². The number of nitrogens with one attached hydrogen (secondary N) is 2. The lowest BCUT2D eigenvalue weighted by atomic mass is 9.91. The highest BCUT2D eigenvalue weighted by atomic mass is 32.1. The molecule has 2 aliphatic rings. The minimum absolute atomic E-state index is 0.116. The Balaban J connectivity index is 1.47. The first-order chi connectivity index (χ1) is 10.9. The first-order valence-electron chi connectivity index (χ1n) is 8.04. The number of nitrogens with zero attached hydrogens (tertiary/aromatic N) is 3. The molecule has 7 heteroatoms. The average molecular weight is 331 g/mol. The van der Waals surface area contributed by atoms with Gasteiger partial charge in [0.15, 0.2) is 5.13 Å². The van der Waals surface area contributed by atoms with Crippen LogP contribution in [-0.4, -0.2) is 20.8 Å².